The fourth-order valence-corrected chi connectivity index (χ4v) is 3.29. The Morgan fingerprint density at radius 1 is 1.16 bits per heavy atom. The molecule has 0 aromatic heterocycles. The van der Waals surface area contributed by atoms with Gasteiger partial charge in [-0.1, -0.05) is 78.2 Å². The molecule has 2 aromatic carbocycles. The first-order valence-corrected chi connectivity index (χ1v) is 10.5. The van der Waals surface area contributed by atoms with Crippen molar-refractivity contribution in [2.24, 2.45) is 0 Å². The standard InChI is InChI=1S/C21H18Cl3F3N2OS/c1-3-18(31)29(2)28-20(30)13-7-4-12(5-8-13)6-9-15(21(25,26)27)14-10-16(22)19(24)17(23)11-14/h4-11,15H,3H2,1-2H3,(H,28,30)/b9-6+. The van der Waals surface area contributed by atoms with E-state index < -0.39 is 12.1 Å². The molecule has 166 valence electrons. The quantitative estimate of drug-likeness (QED) is 0.260. The summed E-state index contributed by atoms with van der Waals surface area (Å²) in [5.74, 6) is -2.32. The van der Waals surface area contributed by atoms with Crippen molar-refractivity contribution in [1.82, 2.24) is 10.4 Å². The number of hydrogen-bond acceptors (Lipinski definition) is 2. The van der Waals surface area contributed by atoms with E-state index in [9.17, 15) is 18.0 Å². The van der Waals surface area contributed by atoms with Crippen molar-refractivity contribution >= 4 is 64.0 Å². The lowest BCUT2D eigenvalue weighted by Gasteiger charge is -2.20. The minimum Gasteiger partial charge on any atom is -0.282 e. The number of rotatable bonds is 5. The van der Waals surface area contributed by atoms with Crippen LogP contribution in [-0.2, 0) is 0 Å². The zero-order chi connectivity index (χ0) is 23.3. The van der Waals surface area contributed by atoms with Gasteiger partial charge in [0.2, 0.25) is 0 Å². The van der Waals surface area contributed by atoms with Crippen molar-refractivity contribution in [1.29, 1.82) is 0 Å². The van der Waals surface area contributed by atoms with E-state index in [4.69, 9.17) is 47.0 Å². The van der Waals surface area contributed by atoms with Crippen LogP contribution >= 0.6 is 47.0 Å². The maximum Gasteiger partial charge on any atom is 0.399 e. The minimum absolute atomic E-state index is 0.00352. The third-order valence-corrected chi connectivity index (χ3v) is 6.08. The summed E-state index contributed by atoms with van der Waals surface area (Å²) in [6, 6.07) is 8.39. The Hall–Kier alpha value is -1.80. The van der Waals surface area contributed by atoms with Crippen LogP contribution in [-0.4, -0.2) is 29.1 Å². The van der Waals surface area contributed by atoms with Gasteiger partial charge >= 0.3 is 6.18 Å². The smallest absolute Gasteiger partial charge is 0.282 e. The Morgan fingerprint density at radius 3 is 2.19 bits per heavy atom. The molecule has 0 radical (unpaired) electrons. The van der Waals surface area contributed by atoms with Gasteiger partial charge in [0.25, 0.3) is 5.91 Å². The monoisotopic (exact) mass is 508 g/mol. The molecule has 0 aliphatic rings. The van der Waals surface area contributed by atoms with Crippen molar-refractivity contribution in [2.45, 2.75) is 25.4 Å². The molecule has 0 bridgehead atoms. The van der Waals surface area contributed by atoms with Crippen LogP contribution < -0.4 is 5.43 Å². The van der Waals surface area contributed by atoms with Gasteiger partial charge in [0.15, 0.2) is 0 Å². The van der Waals surface area contributed by atoms with Crippen LogP contribution in [0.25, 0.3) is 6.08 Å². The summed E-state index contributed by atoms with van der Waals surface area (Å²) in [7, 11) is 1.63. The maximum atomic E-state index is 13.6. The molecule has 0 spiro atoms. The molecule has 1 amide bonds. The van der Waals surface area contributed by atoms with Gasteiger partial charge in [-0.3, -0.25) is 15.2 Å². The van der Waals surface area contributed by atoms with Crippen LogP contribution in [0.2, 0.25) is 15.1 Å². The number of hydrogen-bond donors (Lipinski definition) is 1. The van der Waals surface area contributed by atoms with Gasteiger partial charge in [-0.05, 0) is 41.8 Å². The largest absolute Gasteiger partial charge is 0.399 e. The molecule has 2 aromatic rings. The third kappa shape index (κ3) is 6.84. The van der Waals surface area contributed by atoms with Gasteiger partial charge in [-0.25, -0.2) is 0 Å². The van der Waals surface area contributed by atoms with Gasteiger partial charge < -0.3 is 0 Å². The molecule has 10 heteroatoms. The van der Waals surface area contributed by atoms with Gasteiger partial charge in [0, 0.05) is 12.6 Å². The topological polar surface area (TPSA) is 32.3 Å². The number of halogens is 6. The SMILES string of the molecule is CCC(=S)N(C)NC(=O)c1ccc(/C=C/C(c2cc(Cl)c(Cl)c(Cl)c2)C(F)(F)F)cc1. The Labute approximate surface area is 198 Å². The molecule has 31 heavy (non-hydrogen) atoms. The molecule has 0 aliphatic heterocycles. The first-order valence-electron chi connectivity index (χ1n) is 9.01. The van der Waals surface area contributed by atoms with E-state index in [1.54, 1.807) is 19.2 Å². The highest BCUT2D eigenvalue weighted by Gasteiger charge is 2.39. The van der Waals surface area contributed by atoms with Crippen LogP contribution in [0, 0.1) is 0 Å². The molecule has 1 atom stereocenters. The molecule has 3 nitrogen and oxygen atoms in total. The van der Waals surface area contributed by atoms with Crippen LogP contribution in [0.1, 0.15) is 40.7 Å². The average Bonchev–Trinajstić information content (AvgIpc) is 2.70. The summed E-state index contributed by atoms with van der Waals surface area (Å²) < 4.78 is 40.9. The summed E-state index contributed by atoms with van der Waals surface area (Å²) in [4.78, 5) is 12.8. The second kappa shape index (κ2) is 10.7. The van der Waals surface area contributed by atoms with Crippen molar-refractivity contribution in [3.63, 3.8) is 0 Å². The number of thiocarbonyl (C=S) groups is 1. The number of carbonyl (C=O) groups is 1. The molecule has 2 rings (SSSR count). The second-order valence-corrected chi connectivity index (χ2v) is 8.21. The fraction of sp³-hybridized carbons (Fsp3) is 0.238. The Bertz CT molecular complexity index is 971. The predicted molar refractivity (Wildman–Crippen MR) is 124 cm³/mol. The molecule has 0 saturated heterocycles. The first-order chi connectivity index (χ1) is 14.4. The summed E-state index contributed by atoms with van der Waals surface area (Å²) in [6.07, 6.45) is -1.66. The van der Waals surface area contributed by atoms with Gasteiger partial charge in [0.05, 0.1) is 26.0 Å². The van der Waals surface area contributed by atoms with Crippen LogP contribution in [0.3, 0.4) is 0 Å². The Kier molecular flexibility index (Phi) is 8.77. The molecule has 0 saturated carbocycles. The van der Waals surface area contributed by atoms with E-state index >= 15 is 0 Å². The zero-order valence-electron chi connectivity index (χ0n) is 16.4. The van der Waals surface area contributed by atoms with Crippen LogP contribution in [0.4, 0.5) is 13.2 Å². The lowest BCUT2D eigenvalue weighted by molar-refractivity contribution is -0.139. The van der Waals surface area contributed by atoms with E-state index in [1.165, 1.54) is 23.2 Å². The van der Waals surface area contributed by atoms with Crippen molar-refractivity contribution in [3.05, 3.63) is 74.2 Å². The highest BCUT2D eigenvalue weighted by molar-refractivity contribution is 7.80. The fourth-order valence-electron chi connectivity index (χ4n) is 2.63. The number of carbonyl (C=O) groups excluding carboxylic acids is 1. The second-order valence-electron chi connectivity index (χ2n) is 6.55. The molecular weight excluding hydrogens is 492 g/mol. The highest BCUT2D eigenvalue weighted by atomic mass is 35.5. The molecule has 0 aliphatic carbocycles. The van der Waals surface area contributed by atoms with Gasteiger partial charge in [-0.15, -0.1) is 0 Å². The molecule has 0 fully saturated rings. The van der Waals surface area contributed by atoms with E-state index in [1.807, 2.05) is 6.92 Å². The van der Waals surface area contributed by atoms with E-state index in [-0.39, 0.29) is 26.5 Å². The lowest BCUT2D eigenvalue weighted by atomic mass is 9.97. The summed E-state index contributed by atoms with van der Waals surface area (Å²) in [6.45, 7) is 1.87. The van der Waals surface area contributed by atoms with E-state index in [0.717, 1.165) is 18.2 Å². The van der Waals surface area contributed by atoms with E-state index in [0.29, 0.717) is 22.5 Å². The Balaban J connectivity index is 2.22. The highest BCUT2D eigenvalue weighted by Crippen LogP contribution is 2.41. The average molecular weight is 510 g/mol. The number of amides is 1. The first kappa shape index (κ1) is 25.5. The van der Waals surface area contributed by atoms with Crippen molar-refractivity contribution < 1.29 is 18.0 Å². The number of nitrogens with one attached hydrogen (secondary N) is 1. The number of allylic oxidation sites excluding steroid dienone is 1. The van der Waals surface area contributed by atoms with Gasteiger partial charge in [-0.2, -0.15) is 13.2 Å². The number of benzene rings is 2. The number of hydrazine groups is 1. The van der Waals surface area contributed by atoms with E-state index in [2.05, 4.69) is 5.43 Å². The normalized spacial score (nSPS) is 12.6. The summed E-state index contributed by atoms with van der Waals surface area (Å²) in [5, 5.41) is 1.32. The molecule has 0 heterocycles. The zero-order valence-corrected chi connectivity index (χ0v) is 19.5. The minimum atomic E-state index is -4.57. The molecular formula is C21H18Cl3F3N2OS. The molecule has 1 unspecified atom stereocenters. The number of nitrogens with zero attached hydrogens (tertiary/aromatic N) is 1. The third-order valence-electron chi connectivity index (χ3n) is 4.32. The van der Waals surface area contributed by atoms with Crippen molar-refractivity contribution in [3.8, 4) is 0 Å². The summed E-state index contributed by atoms with van der Waals surface area (Å²) in [5.41, 5.74) is 3.31. The Morgan fingerprint density at radius 2 is 1.71 bits per heavy atom. The lowest BCUT2D eigenvalue weighted by Crippen LogP contribution is -2.42. The van der Waals surface area contributed by atoms with Crippen LogP contribution in [0.15, 0.2) is 42.5 Å². The van der Waals surface area contributed by atoms with Crippen molar-refractivity contribution in [2.75, 3.05) is 7.05 Å². The predicted octanol–water partition coefficient (Wildman–Crippen LogP) is 7.32. The number of alkyl halides is 3. The van der Waals surface area contributed by atoms with Gasteiger partial charge in [0.1, 0.15) is 0 Å². The van der Waals surface area contributed by atoms with Crippen LogP contribution in [0.5, 0.6) is 0 Å². The summed E-state index contributed by atoms with van der Waals surface area (Å²) >= 11 is 22.7. The maximum absolute atomic E-state index is 13.6. The molecule has 1 N–H and O–H groups in total.